The Morgan fingerprint density at radius 1 is 1.07 bits per heavy atom. The van der Waals surface area contributed by atoms with Crippen molar-refractivity contribution in [1.82, 2.24) is 10.2 Å². The van der Waals surface area contributed by atoms with Crippen molar-refractivity contribution in [3.05, 3.63) is 0 Å². The second-order valence-corrected chi connectivity index (χ2v) is 5.53. The molecular weight excluding hydrogens is 184 g/mol. The van der Waals surface area contributed by atoms with Gasteiger partial charge in [-0.2, -0.15) is 0 Å². The van der Waals surface area contributed by atoms with Crippen molar-refractivity contribution in [2.45, 2.75) is 57.5 Å². The normalized spacial score (nSPS) is 34.8. The molecule has 2 fully saturated rings. The number of likely N-dealkylation sites (tertiary alicyclic amines) is 1. The molecule has 1 saturated carbocycles. The molecule has 88 valence electrons. The first-order valence-electron chi connectivity index (χ1n) is 6.72. The number of nitrogens with zero attached hydrogens (tertiary/aromatic N) is 1. The maximum Gasteiger partial charge on any atom is 0.00939 e. The molecule has 2 aliphatic rings. The predicted octanol–water partition coefficient (Wildman–Crippen LogP) is 2.25. The van der Waals surface area contributed by atoms with Crippen LogP contribution in [0.5, 0.6) is 0 Å². The largest absolute Gasteiger partial charge is 0.311 e. The lowest BCUT2D eigenvalue weighted by Gasteiger charge is -2.31. The lowest BCUT2D eigenvalue weighted by Crippen LogP contribution is -2.44. The van der Waals surface area contributed by atoms with Gasteiger partial charge in [0.1, 0.15) is 0 Å². The summed E-state index contributed by atoms with van der Waals surface area (Å²) in [7, 11) is 2.24. The van der Waals surface area contributed by atoms with E-state index < -0.39 is 0 Å². The Hall–Kier alpha value is -0.0800. The van der Waals surface area contributed by atoms with Crippen LogP contribution in [0.2, 0.25) is 0 Å². The van der Waals surface area contributed by atoms with Crippen molar-refractivity contribution in [3.63, 3.8) is 0 Å². The van der Waals surface area contributed by atoms with Crippen LogP contribution in [0.15, 0.2) is 0 Å². The van der Waals surface area contributed by atoms with Gasteiger partial charge in [-0.3, -0.25) is 0 Å². The lowest BCUT2D eigenvalue weighted by atomic mass is 10.0. The summed E-state index contributed by atoms with van der Waals surface area (Å²) in [6.07, 6.45) is 8.40. The Morgan fingerprint density at radius 2 is 1.80 bits per heavy atom. The zero-order valence-corrected chi connectivity index (χ0v) is 10.3. The maximum absolute atomic E-state index is 3.88. The van der Waals surface area contributed by atoms with Crippen LogP contribution in [0.1, 0.15) is 45.4 Å². The SMILES string of the molecule is CCC1CCC(NC2CCN(C)CC2)C1. The highest BCUT2D eigenvalue weighted by molar-refractivity contribution is 4.85. The average molecular weight is 210 g/mol. The van der Waals surface area contributed by atoms with Gasteiger partial charge in [0.15, 0.2) is 0 Å². The molecule has 2 heteroatoms. The first-order valence-corrected chi connectivity index (χ1v) is 6.72. The first kappa shape index (κ1) is 11.4. The molecule has 0 aromatic heterocycles. The Labute approximate surface area is 94.4 Å². The van der Waals surface area contributed by atoms with Crippen LogP contribution in [0.25, 0.3) is 0 Å². The molecule has 0 aromatic carbocycles. The van der Waals surface area contributed by atoms with Crippen LogP contribution < -0.4 is 5.32 Å². The molecule has 2 atom stereocenters. The van der Waals surface area contributed by atoms with Crippen molar-refractivity contribution in [2.24, 2.45) is 5.92 Å². The molecule has 0 radical (unpaired) electrons. The molecule has 1 aliphatic carbocycles. The van der Waals surface area contributed by atoms with Gasteiger partial charge in [-0.1, -0.05) is 13.3 Å². The molecule has 1 aliphatic heterocycles. The van der Waals surface area contributed by atoms with Gasteiger partial charge in [0.2, 0.25) is 0 Å². The highest BCUT2D eigenvalue weighted by Gasteiger charge is 2.26. The lowest BCUT2D eigenvalue weighted by molar-refractivity contribution is 0.223. The van der Waals surface area contributed by atoms with E-state index in [0.29, 0.717) is 0 Å². The monoisotopic (exact) mass is 210 g/mol. The fourth-order valence-electron chi connectivity index (χ4n) is 3.11. The quantitative estimate of drug-likeness (QED) is 0.768. The van der Waals surface area contributed by atoms with Crippen LogP contribution in [0.4, 0.5) is 0 Å². The highest BCUT2D eigenvalue weighted by Crippen LogP contribution is 2.28. The molecule has 1 N–H and O–H groups in total. The maximum atomic E-state index is 3.88. The first-order chi connectivity index (χ1) is 7.28. The number of rotatable bonds is 3. The number of hydrogen-bond acceptors (Lipinski definition) is 2. The minimum atomic E-state index is 0.807. The standard InChI is InChI=1S/C13H26N2/c1-3-11-4-5-13(10-11)14-12-6-8-15(2)9-7-12/h11-14H,3-10H2,1-2H3. The van der Waals surface area contributed by atoms with Gasteiger partial charge in [0.05, 0.1) is 0 Å². The second kappa shape index (κ2) is 5.31. The smallest absolute Gasteiger partial charge is 0.00939 e. The van der Waals surface area contributed by atoms with Crippen LogP contribution in [-0.4, -0.2) is 37.1 Å². The third kappa shape index (κ3) is 3.18. The molecule has 1 heterocycles. The zero-order valence-electron chi connectivity index (χ0n) is 10.3. The van der Waals surface area contributed by atoms with Crippen LogP contribution in [0.3, 0.4) is 0 Å². The molecule has 2 unspecified atom stereocenters. The minimum absolute atomic E-state index is 0.807. The summed E-state index contributed by atoms with van der Waals surface area (Å²) in [5.41, 5.74) is 0. The number of nitrogens with one attached hydrogen (secondary N) is 1. The van der Waals surface area contributed by atoms with Crippen molar-refractivity contribution < 1.29 is 0 Å². The Kier molecular flexibility index (Phi) is 4.04. The van der Waals surface area contributed by atoms with E-state index in [9.17, 15) is 0 Å². The summed E-state index contributed by atoms with van der Waals surface area (Å²) in [6, 6.07) is 1.64. The van der Waals surface area contributed by atoms with Gasteiger partial charge in [-0.05, 0) is 58.2 Å². The molecular formula is C13H26N2. The van der Waals surface area contributed by atoms with Crippen molar-refractivity contribution in [1.29, 1.82) is 0 Å². The Balaban J connectivity index is 1.69. The van der Waals surface area contributed by atoms with Gasteiger partial charge in [0.25, 0.3) is 0 Å². The fourth-order valence-corrected chi connectivity index (χ4v) is 3.11. The summed E-state index contributed by atoms with van der Waals surface area (Å²) in [5, 5.41) is 3.88. The van der Waals surface area contributed by atoms with E-state index in [1.807, 2.05) is 0 Å². The van der Waals surface area contributed by atoms with E-state index in [0.717, 1.165) is 18.0 Å². The number of piperidine rings is 1. The molecule has 0 amide bonds. The minimum Gasteiger partial charge on any atom is -0.311 e. The Morgan fingerprint density at radius 3 is 2.40 bits per heavy atom. The van der Waals surface area contributed by atoms with Crippen LogP contribution >= 0.6 is 0 Å². The topological polar surface area (TPSA) is 15.3 Å². The van der Waals surface area contributed by atoms with Crippen molar-refractivity contribution in [3.8, 4) is 0 Å². The predicted molar refractivity (Wildman–Crippen MR) is 65.1 cm³/mol. The number of hydrogen-bond donors (Lipinski definition) is 1. The van der Waals surface area contributed by atoms with E-state index in [1.54, 1.807) is 0 Å². The molecule has 0 aromatic rings. The van der Waals surface area contributed by atoms with E-state index in [1.165, 1.54) is 51.6 Å². The van der Waals surface area contributed by atoms with Gasteiger partial charge >= 0.3 is 0 Å². The highest BCUT2D eigenvalue weighted by atomic mass is 15.1. The third-order valence-electron chi connectivity index (χ3n) is 4.31. The van der Waals surface area contributed by atoms with E-state index >= 15 is 0 Å². The second-order valence-electron chi connectivity index (χ2n) is 5.53. The van der Waals surface area contributed by atoms with Crippen LogP contribution in [-0.2, 0) is 0 Å². The van der Waals surface area contributed by atoms with Crippen LogP contribution in [0, 0.1) is 5.92 Å². The molecule has 2 rings (SSSR count). The van der Waals surface area contributed by atoms with E-state index in [-0.39, 0.29) is 0 Å². The summed E-state index contributed by atoms with van der Waals surface area (Å²) >= 11 is 0. The summed E-state index contributed by atoms with van der Waals surface area (Å²) < 4.78 is 0. The zero-order chi connectivity index (χ0) is 10.7. The molecule has 0 bridgehead atoms. The van der Waals surface area contributed by atoms with Gasteiger partial charge < -0.3 is 10.2 Å². The van der Waals surface area contributed by atoms with Crippen molar-refractivity contribution >= 4 is 0 Å². The van der Waals surface area contributed by atoms with Gasteiger partial charge in [-0.15, -0.1) is 0 Å². The molecule has 1 saturated heterocycles. The van der Waals surface area contributed by atoms with E-state index in [4.69, 9.17) is 0 Å². The average Bonchev–Trinajstić information content (AvgIpc) is 2.69. The van der Waals surface area contributed by atoms with E-state index in [2.05, 4.69) is 24.2 Å². The molecule has 2 nitrogen and oxygen atoms in total. The third-order valence-corrected chi connectivity index (χ3v) is 4.31. The van der Waals surface area contributed by atoms with Gasteiger partial charge in [0, 0.05) is 12.1 Å². The summed E-state index contributed by atoms with van der Waals surface area (Å²) in [5.74, 6) is 1.01. The Bertz CT molecular complexity index is 185. The molecule has 0 spiro atoms. The molecule has 15 heavy (non-hydrogen) atoms. The van der Waals surface area contributed by atoms with Gasteiger partial charge in [-0.25, -0.2) is 0 Å². The van der Waals surface area contributed by atoms with Crippen molar-refractivity contribution in [2.75, 3.05) is 20.1 Å². The fraction of sp³-hybridized carbons (Fsp3) is 1.00. The summed E-state index contributed by atoms with van der Waals surface area (Å²) in [6.45, 7) is 4.89. The summed E-state index contributed by atoms with van der Waals surface area (Å²) in [4.78, 5) is 2.45.